The van der Waals surface area contributed by atoms with Gasteiger partial charge in [-0.25, -0.2) is 0 Å². The smallest absolute Gasteiger partial charge is 0.306 e. The van der Waals surface area contributed by atoms with Gasteiger partial charge in [0.1, 0.15) is 13.2 Å². The summed E-state index contributed by atoms with van der Waals surface area (Å²) in [6, 6.07) is 0. The largest absolute Gasteiger partial charge is 0.462 e. The summed E-state index contributed by atoms with van der Waals surface area (Å²) < 4.78 is 16.8. The molecule has 0 amide bonds. The van der Waals surface area contributed by atoms with Gasteiger partial charge in [-0.05, 0) is 25.2 Å². The van der Waals surface area contributed by atoms with Gasteiger partial charge in [-0.15, -0.1) is 0 Å². The highest BCUT2D eigenvalue weighted by atomic mass is 16.6. The summed E-state index contributed by atoms with van der Waals surface area (Å²) in [5, 5.41) is 0. The SMILES string of the molecule is CCCCCCCCCCCCCCCCCCC(=O)OC[C@@H](COC(=O)CCCCCCCCCCCCCCCCCCC(C)C)OC(=O)CCCCCCCCCCCC. The molecule has 0 unspecified atom stereocenters. The average molecular weight is 892 g/mol. The minimum absolute atomic E-state index is 0.0621. The second-order valence-electron chi connectivity index (χ2n) is 20.1. The van der Waals surface area contributed by atoms with Gasteiger partial charge in [0.25, 0.3) is 0 Å². The zero-order valence-electron chi connectivity index (χ0n) is 43.0. The topological polar surface area (TPSA) is 78.9 Å². The molecule has 0 aliphatic rings. The Kier molecular flexibility index (Phi) is 50.1. The van der Waals surface area contributed by atoms with E-state index in [0.717, 1.165) is 63.7 Å². The van der Waals surface area contributed by atoms with Crippen molar-refractivity contribution in [2.45, 2.75) is 329 Å². The van der Waals surface area contributed by atoms with Crippen LogP contribution in [0.1, 0.15) is 323 Å². The summed E-state index contributed by atoms with van der Waals surface area (Å²) >= 11 is 0. The second kappa shape index (κ2) is 51.4. The highest BCUT2D eigenvalue weighted by Gasteiger charge is 2.19. The van der Waals surface area contributed by atoms with Gasteiger partial charge in [-0.3, -0.25) is 14.4 Å². The van der Waals surface area contributed by atoms with Crippen molar-refractivity contribution in [2.24, 2.45) is 5.92 Å². The molecule has 0 spiro atoms. The van der Waals surface area contributed by atoms with Crippen molar-refractivity contribution in [1.82, 2.24) is 0 Å². The highest BCUT2D eigenvalue weighted by Crippen LogP contribution is 2.18. The van der Waals surface area contributed by atoms with Gasteiger partial charge < -0.3 is 14.2 Å². The van der Waals surface area contributed by atoms with E-state index in [0.29, 0.717) is 19.3 Å². The van der Waals surface area contributed by atoms with Crippen LogP contribution in [-0.4, -0.2) is 37.2 Å². The molecule has 0 N–H and O–H groups in total. The minimum atomic E-state index is -0.760. The first-order valence-corrected chi connectivity index (χ1v) is 28.4. The van der Waals surface area contributed by atoms with Crippen molar-refractivity contribution in [3.8, 4) is 0 Å². The van der Waals surface area contributed by atoms with Crippen LogP contribution < -0.4 is 0 Å². The summed E-state index contributed by atoms with van der Waals surface area (Å²) in [7, 11) is 0. The second-order valence-corrected chi connectivity index (χ2v) is 20.1. The van der Waals surface area contributed by atoms with Crippen molar-refractivity contribution >= 4 is 17.9 Å². The number of ether oxygens (including phenoxy) is 3. The molecule has 0 rings (SSSR count). The normalized spacial score (nSPS) is 12.0. The first kappa shape index (κ1) is 61.4. The number of hydrogen-bond donors (Lipinski definition) is 0. The summed E-state index contributed by atoms with van der Waals surface area (Å²) in [5.41, 5.74) is 0. The third-order valence-electron chi connectivity index (χ3n) is 13.0. The fourth-order valence-electron chi connectivity index (χ4n) is 8.75. The van der Waals surface area contributed by atoms with E-state index < -0.39 is 6.10 Å². The van der Waals surface area contributed by atoms with Gasteiger partial charge in [0.15, 0.2) is 6.10 Å². The monoisotopic (exact) mass is 891 g/mol. The van der Waals surface area contributed by atoms with E-state index in [2.05, 4.69) is 27.7 Å². The molecule has 0 radical (unpaired) electrons. The van der Waals surface area contributed by atoms with E-state index in [1.54, 1.807) is 0 Å². The minimum Gasteiger partial charge on any atom is -0.462 e. The Morgan fingerprint density at radius 1 is 0.302 bits per heavy atom. The maximum Gasteiger partial charge on any atom is 0.306 e. The fourth-order valence-corrected chi connectivity index (χ4v) is 8.75. The third kappa shape index (κ3) is 51.3. The van der Waals surface area contributed by atoms with Gasteiger partial charge >= 0.3 is 17.9 Å². The van der Waals surface area contributed by atoms with Gasteiger partial charge in [-0.1, -0.05) is 285 Å². The molecule has 6 nitrogen and oxygen atoms in total. The molecular weight excluding hydrogens is 781 g/mol. The van der Waals surface area contributed by atoms with Crippen LogP contribution in [0.25, 0.3) is 0 Å². The molecule has 6 heteroatoms. The molecule has 0 bridgehead atoms. The lowest BCUT2D eigenvalue weighted by Gasteiger charge is -2.18. The van der Waals surface area contributed by atoms with Crippen LogP contribution in [0.15, 0.2) is 0 Å². The molecule has 374 valence electrons. The molecule has 63 heavy (non-hydrogen) atoms. The molecule has 0 fully saturated rings. The average Bonchev–Trinajstić information content (AvgIpc) is 3.27. The molecule has 0 aromatic carbocycles. The Morgan fingerprint density at radius 2 is 0.524 bits per heavy atom. The van der Waals surface area contributed by atoms with E-state index in [1.165, 1.54) is 218 Å². The number of esters is 3. The highest BCUT2D eigenvalue weighted by molar-refractivity contribution is 5.71. The number of unbranched alkanes of at least 4 members (excludes halogenated alkanes) is 39. The molecule has 1 atom stereocenters. The van der Waals surface area contributed by atoms with Gasteiger partial charge in [0, 0.05) is 19.3 Å². The quantitative estimate of drug-likeness (QED) is 0.0344. The Bertz CT molecular complexity index is 949. The van der Waals surface area contributed by atoms with Gasteiger partial charge in [0.2, 0.25) is 0 Å². The van der Waals surface area contributed by atoms with E-state index >= 15 is 0 Å². The summed E-state index contributed by atoms with van der Waals surface area (Å²) in [6.45, 7) is 9.05. The van der Waals surface area contributed by atoms with Crippen LogP contribution in [0.4, 0.5) is 0 Å². The van der Waals surface area contributed by atoms with Crippen molar-refractivity contribution in [3.05, 3.63) is 0 Å². The molecule has 0 aliphatic heterocycles. The van der Waals surface area contributed by atoms with E-state index in [4.69, 9.17) is 14.2 Å². The number of carbonyl (C=O) groups excluding carboxylic acids is 3. The molecule has 0 aliphatic carbocycles. The first-order chi connectivity index (χ1) is 30.9. The van der Waals surface area contributed by atoms with Crippen LogP contribution in [0, 0.1) is 5.92 Å². The lowest BCUT2D eigenvalue weighted by molar-refractivity contribution is -0.167. The molecule has 0 heterocycles. The predicted octanol–water partition coefficient (Wildman–Crippen LogP) is 18.6. The van der Waals surface area contributed by atoms with Crippen LogP contribution in [0.3, 0.4) is 0 Å². The molecule has 0 aromatic heterocycles. The van der Waals surface area contributed by atoms with Crippen molar-refractivity contribution in [3.63, 3.8) is 0 Å². The van der Waals surface area contributed by atoms with Crippen molar-refractivity contribution < 1.29 is 28.6 Å². The molecular formula is C57H110O6. The van der Waals surface area contributed by atoms with Crippen LogP contribution in [0.2, 0.25) is 0 Å². The molecule has 0 saturated heterocycles. The number of hydrogen-bond acceptors (Lipinski definition) is 6. The Hall–Kier alpha value is -1.59. The predicted molar refractivity (Wildman–Crippen MR) is 270 cm³/mol. The molecule has 0 saturated carbocycles. The maximum atomic E-state index is 12.8. The first-order valence-electron chi connectivity index (χ1n) is 28.4. The Labute approximate surface area is 393 Å². The van der Waals surface area contributed by atoms with Crippen LogP contribution >= 0.6 is 0 Å². The zero-order valence-corrected chi connectivity index (χ0v) is 43.0. The zero-order chi connectivity index (χ0) is 45.9. The van der Waals surface area contributed by atoms with Crippen molar-refractivity contribution in [1.29, 1.82) is 0 Å². The lowest BCUT2D eigenvalue weighted by atomic mass is 10.0. The standard InChI is InChI=1S/C57H110O6/c1-5-7-9-11-13-15-17-18-19-23-26-29-33-36-40-44-48-55(58)61-51-54(63-57(60)50-46-42-38-32-16-14-12-10-8-6-2)52-62-56(59)49-45-41-37-34-30-27-24-21-20-22-25-28-31-35-39-43-47-53(3)4/h53-54H,5-52H2,1-4H3/t54-/m0/s1. The fraction of sp³-hybridized carbons (Fsp3) is 0.947. The summed E-state index contributed by atoms with van der Waals surface area (Å²) in [4.78, 5) is 38.0. The summed E-state index contributed by atoms with van der Waals surface area (Å²) in [6.07, 6.45) is 55.2. The Morgan fingerprint density at radius 3 is 0.778 bits per heavy atom. The van der Waals surface area contributed by atoms with E-state index in [1.807, 2.05) is 0 Å². The van der Waals surface area contributed by atoms with Gasteiger partial charge in [-0.2, -0.15) is 0 Å². The van der Waals surface area contributed by atoms with Crippen molar-refractivity contribution in [2.75, 3.05) is 13.2 Å². The van der Waals surface area contributed by atoms with Crippen LogP contribution in [0.5, 0.6) is 0 Å². The molecule has 0 aromatic rings. The Balaban J connectivity index is 4.21. The summed E-state index contributed by atoms with van der Waals surface area (Å²) in [5.74, 6) is 0.0143. The maximum absolute atomic E-state index is 12.8. The van der Waals surface area contributed by atoms with E-state index in [-0.39, 0.29) is 31.1 Å². The lowest BCUT2D eigenvalue weighted by Crippen LogP contribution is -2.30. The number of rotatable bonds is 52. The van der Waals surface area contributed by atoms with Crippen LogP contribution in [-0.2, 0) is 28.6 Å². The third-order valence-corrected chi connectivity index (χ3v) is 13.0. The van der Waals surface area contributed by atoms with E-state index in [9.17, 15) is 14.4 Å². The number of carbonyl (C=O) groups is 3. The van der Waals surface area contributed by atoms with Gasteiger partial charge in [0.05, 0.1) is 0 Å².